The van der Waals surface area contributed by atoms with E-state index in [2.05, 4.69) is 4.72 Å². The van der Waals surface area contributed by atoms with Crippen molar-refractivity contribution in [2.45, 2.75) is 17.9 Å². The number of likely N-dealkylation sites (N-methyl/N-ethyl adjacent to an activating group) is 1. The molecule has 0 fully saturated rings. The molecule has 0 spiro atoms. The summed E-state index contributed by atoms with van der Waals surface area (Å²) in [4.78, 5) is 2.16. The summed E-state index contributed by atoms with van der Waals surface area (Å²) in [5.41, 5.74) is 1.87. The lowest BCUT2D eigenvalue weighted by atomic mass is 10.1. The number of aliphatic hydroxyl groups excluding tert-OH is 1. The molecule has 24 heavy (non-hydrogen) atoms. The molecule has 2 aromatic rings. The zero-order valence-corrected chi connectivity index (χ0v) is 14.8. The van der Waals surface area contributed by atoms with Gasteiger partial charge < -0.3 is 10.0 Å². The van der Waals surface area contributed by atoms with Gasteiger partial charge in [-0.05, 0) is 31.7 Å². The van der Waals surface area contributed by atoms with E-state index in [4.69, 9.17) is 0 Å². The van der Waals surface area contributed by atoms with E-state index in [0.717, 1.165) is 11.1 Å². The second-order valence-electron chi connectivity index (χ2n) is 5.90. The fourth-order valence-corrected chi connectivity index (χ4v) is 3.36. The number of hydrogen-bond acceptors (Lipinski definition) is 4. The Morgan fingerprint density at radius 3 is 2.33 bits per heavy atom. The highest BCUT2D eigenvalue weighted by molar-refractivity contribution is 7.89. The zero-order valence-electron chi connectivity index (χ0n) is 14.0. The number of aliphatic hydroxyl groups is 1. The molecule has 0 bridgehead atoms. The molecule has 2 rings (SSSR count). The Morgan fingerprint density at radius 2 is 1.71 bits per heavy atom. The van der Waals surface area contributed by atoms with Gasteiger partial charge in [-0.3, -0.25) is 0 Å². The third-order valence-corrected chi connectivity index (χ3v) is 5.26. The minimum atomic E-state index is -3.49. The monoisotopic (exact) mass is 348 g/mol. The molecule has 0 aliphatic rings. The van der Waals surface area contributed by atoms with Gasteiger partial charge in [0.25, 0.3) is 0 Å². The third-order valence-electron chi connectivity index (χ3n) is 3.79. The fourth-order valence-electron chi connectivity index (χ4n) is 2.34. The van der Waals surface area contributed by atoms with Gasteiger partial charge in [0.1, 0.15) is 0 Å². The quantitative estimate of drug-likeness (QED) is 0.765. The van der Waals surface area contributed by atoms with E-state index in [1.807, 2.05) is 49.2 Å². The lowest BCUT2D eigenvalue weighted by Gasteiger charge is -2.21. The van der Waals surface area contributed by atoms with Crippen LogP contribution in [0.25, 0.3) is 0 Å². The van der Waals surface area contributed by atoms with Gasteiger partial charge >= 0.3 is 0 Å². The second-order valence-corrected chi connectivity index (χ2v) is 7.67. The standard InChI is InChI=1S/C18H24N2O3S/c1-15-8-10-17(11-9-15)24(22,23)19-12-13-20(2)14-18(21)16-6-4-3-5-7-16/h3-11,18-19,21H,12-14H2,1-2H3. The lowest BCUT2D eigenvalue weighted by Crippen LogP contribution is -2.34. The Hall–Kier alpha value is -1.73. The molecule has 5 nitrogen and oxygen atoms in total. The maximum atomic E-state index is 12.2. The summed E-state index contributed by atoms with van der Waals surface area (Å²) in [5, 5.41) is 10.2. The van der Waals surface area contributed by atoms with Gasteiger partial charge in [0.2, 0.25) is 10.0 Å². The van der Waals surface area contributed by atoms with Crippen LogP contribution in [0, 0.1) is 6.92 Å². The van der Waals surface area contributed by atoms with Crippen molar-refractivity contribution < 1.29 is 13.5 Å². The number of sulfonamides is 1. The zero-order chi connectivity index (χ0) is 17.6. The predicted molar refractivity (Wildman–Crippen MR) is 95.3 cm³/mol. The van der Waals surface area contributed by atoms with Crippen LogP contribution in [0.15, 0.2) is 59.5 Å². The maximum Gasteiger partial charge on any atom is 0.240 e. The van der Waals surface area contributed by atoms with Gasteiger partial charge in [-0.1, -0.05) is 48.0 Å². The molecule has 0 saturated carbocycles. The average molecular weight is 348 g/mol. The van der Waals surface area contributed by atoms with Gasteiger partial charge in [-0.25, -0.2) is 13.1 Å². The van der Waals surface area contributed by atoms with Crippen molar-refractivity contribution in [3.63, 3.8) is 0 Å². The first-order chi connectivity index (χ1) is 11.4. The largest absolute Gasteiger partial charge is 0.387 e. The van der Waals surface area contributed by atoms with E-state index in [0.29, 0.717) is 13.1 Å². The SMILES string of the molecule is Cc1ccc(S(=O)(=O)NCCN(C)CC(O)c2ccccc2)cc1. The normalized spacial score (nSPS) is 13.2. The molecule has 2 N–H and O–H groups in total. The van der Waals surface area contributed by atoms with E-state index in [-0.39, 0.29) is 11.4 Å². The van der Waals surface area contributed by atoms with Gasteiger partial charge in [-0.2, -0.15) is 0 Å². The Labute approximate surface area is 144 Å². The highest BCUT2D eigenvalue weighted by Crippen LogP contribution is 2.13. The fraction of sp³-hybridized carbons (Fsp3) is 0.333. The first-order valence-corrected chi connectivity index (χ1v) is 9.35. The van der Waals surface area contributed by atoms with Crippen LogP contribution in [-0.2, 0) is 10.0 Å². The Bertz CT molecular complexity index is 731. The number of aryl methyl sites for hydroxylation is 1. The first kappa shape index (κ1) is 18.6. The number of benzene rings is 2. The van der Waals surface area contributed by atoms with Gasteiger partial charge in [0, 0.05) is 19.6 Å². The molecular weight excluding hydrogens is 324 g/mol. The summed E-state index contributed by atoms with van der Waals surface area (Å²) in [6.45, 7) is 3.15. The molecule has 0 heterocycles. The van der Waals surface area contributed by atoms with E-state index in [1.54, 1.807) is 24.3 Å². The lowest BCUT2D eigenvalue weighted by molar-refractivity contribution is 0.128. The number of nitrogens with zero attached hydrogens (tertiary/aromatic N) is 1. The molecule has 0 aliphatic carbocycles. The van der Waals surface area contributed by atoms with Gasteiger partial charge in [0.05, 0.1) is 11.0 Å². The molecule has 0 amide bonds. The molecule has 2 aromatic carbocycles. The van der Waals surface area contributed by atoms with Crippen LogP contribution in [-0.4, -0.2) is 45.1 Å². The van der Waals surface area contributed by atoms with Crippen molar-refractivity contribution in [2.24, 2.45) is 0 Å². The van der Waals surface area contributed by atoms with Crippen molar-refractivity contribution >= 4 is 10.0 Å². The Kier molecular flexibility index (Phi) is 6.51. The molecule has 6 heteroatoms. The molecule has 0 aliphatic heterocycles. The molecule has 130 valence electrons. The van der Waals surface area contributed by atoms with Crippen LogP contribution in [0.3, 0.4) is 0 Å². The molecule has 0 aromatic heterocycles. The number of hydrogen-bond donors (Lipinski definition) is 2. The summed E-state index contributed by atoms with van der Waals surface area (Å²) < 4.78 is 27.0. The molecule has 1 unspecified atom stereocenters. The number of rotatable bonds is 8. The second kappa shape index (κ2) is 8.39. The summed E-state index contributed by atoms with van der Waals surface area (Å²) >= 11 is 0. The Morgan fingerprint density at radius 1 is 1.08 bits per heavy atom. The highest BCUT2D eigenvalue weighted by Gasteiger charge is 2.14. The van der Waals surface area contributed by atoms with Crippen LogP contribution in [0.5, 0.6) is 0 Å². The van der Waals surface area contributed by atoms with Crippen LogP contribution >= 0.6 is 0 Å². The topological polar surface area (TPSA) is 69.6 Å². The van der Waals surface area contributed by atoms with E-state index in [9.17, 15) is 13.5 Å². The van der Waals surface area contributed by atoms with Crippen LogP contribution < -0.4 is 4.72 Å². The molecule has 1 atom stereocenters. The van der Waals surface area contributed by atoms with E-state index in [1.165, 1.54) is 0 Å². The number of nitrogens with one attached hydrogen (secondary N) is 1. The highest BCUT2D eigenvalue weighted by atomic mass is 32.2. The molecule has 0 radical (unpaired) electrons. The van der Waals surface area contributed by atoms with Crippen LogP contribution in [0.4, 0.5) is 0 Å². The molecular formula is C18H24N2O3S. The average Bonchev–Trinajstić information content (AvgIpc) is 2.56. The maximum absolute atomic E-state index is 12.2. The van der Waals surface area contributed by atoms with E-state index >= 15 is 0 Å². The summed E-state index contributed by atoms with van der Waals surface area (Å²) in [7, 11) is -1.64. The van der Waals surface area contributed by atoms with Gasteiger partial charge in [0.15, 0.2) is 0 Å². The minimum Gasteiger partial charge on any atom is -0.387 e. The third kappa shape index (κ3) is 5.42. The van der Waals surface area contributed by atoms with E-state index < -0.39 is 16.1 Å². The van der Waals surface area contributed by atoms with Crippen LogP contribution in [0.2, 0.25) is 0 Å². The Balaban J connectivity index is 1.81. The summed E-state index contributed by atoms with van der Waals surface area (Å²) in [6.07, 6.45) is -0.593. The van der Waals surface area contributed by atoms with Crippen molar-refractivity contribution in [2.75, 3.05) is 26.7 Å². The van der Waals surface area contributed by atoms with Crippen molar-refractivity contribution in [1.29, 1.82) is 0 Å². The van der Waals surface area contributed by atoms with Crippen molar-refractivity contribution in [3.05, 3.63) is 65.7 Å². The molecule has 0 saturated heterocycles. The predicted octanol–water partition coefficient (Wildman–Crippen LogP) is 1.94. The van der Waals surface area contributed by atoms with Gasteiger partial charge in [-0.15, -0.1) is 0 Å². The van der Waals surface area contributed by atoms with Crippen LogP contribution in [0.1, 0.15) is 17.2 Å². The first-order valence-electron chi connectivity index (χ1n) is 7.86. The minimum absolute atomic E-state index is 0.264. The smallest absolute Gasteiger partial charge is 0.240 e. The van der Waals surface area contributed by atoms with Crippen molar-refractivity contribution in [3.8, 4) is 0 Å². The summed E-state index contributed by atoms with van der Waals surface area (Å²) in [5.74, 6) is 0. The summed E-state index contributed by atoms with van der Waals surface area (Å²) in [6, 6.07) is 16.2. The van der Waals surface area contributed by atoms with Crippen molar-refractivity contribution in [1.82, 2.24) is 9.62 Å².